The second kappa shape index (κ2) is 7.87. The number of alkyl halides is 3. The van der Waals surface area contributed by atoms with Crippen molar-refractivity contribution in [3.63, 3.8) is 0 Å². The van der Waals surface area contributed by atoms with E-state index < -0.39 is 11.7 Å². The fraction of sp³-hybridized carbons (Fsp3) is 0.316. The summed E-state index contributed by atoms with van der Waals surface area (Å²) in [4.78, 5) is 12.3. The standard InChI is InChI=1S/C19H19F3N2O3/c1-26-17-9-8-14(11-16(17)24-18(25)15-3-2-10-23-15)27-13-6-4-12(5-7-13)19(20,21)22/h4-9,11,15,23H,2-3,10H2,1H3,(H,24,25). The summed E-state index contributed by atoms with van der Waals surface area (Å²) < 4.78 is 48.8. The second-order valence-electron chi connectivity index (χ2n) is 6.12. The van der Waals surface area contributed by atoms with Crippen LogP contribution in [-0.2, 0) is 11.0 Å². The maximum Gasteiger partial charge on any atom is 0.416 e. The van der Waals surface area contributed by atoms with Gasteiger partial charge < -0.3 is 20.1 Å². The number of nitrogens with one attached hydrogen (secondary N) is 2. The molecule has 1 aliphatic heterocycles. The zero-order valence-corrected chi connectivity index (χ0v) is 14.6. The van der Waals surface area contributed by atoms with Crippen LogP contribution in [-0.4, -0.2) is 25.6 Å². The van der Waals surface area contributed by atoms with Crippen molar-refractivity contribution in [3.05, 3.63) is 48.0 Å². The zero-order chi connectivity index (χ0) is 19.4. The molecular formula is C19H19F3N2O3. The van der Waals surface area contributed by atoms with Crippen molar-refractivity contribution >= 4 is 11.6 Å². The summed E-state index contributed by atoms with van der Waals surface area (Å²) in [5.41, 5.74) is -0.317. The largest absolute Gasteiger partial charge is 0.495 e. The molecule has 2 N–H and O–H groups in total. The number of anilines is 1. The number of methoxy groups -OCH3 is 1. The van der Waals surface area contributed by atoms with Crippen LogP contribution in [0.15, 0.2) is 42.5 Å². The van der Waals surface area contributed by atoms with Gasteiger partial charge in [-0.1, -0.05) is 0 Å². The highest BCUT2D eigenvalue weighted by Gasteiger charge is 2.30. The topological polar surface area (TPSA) is 59.6 Å². The number of halogens is 3. The van der Waals surface area contributed by atoms with Gasteiger partial charge in [0.05, 0.1) is 24.4 Å². The smallest absolute Gasteiger partial charge is 0.416 e. The van der Waals surface area contributed by atoms with E-state index in [1.54, 1.807) is 18.2 Å². The summed E-state index contributed by atoms with van der Waals surface area (Å²) in [5.74, 6) is 0.909. The first-order chi connectivity index (χ1) is 12.9. The summed E-state index contributed by atoms with van der Waals surface area (Å²) in [6.45, 7) is 0.798. The molecule has 8 heteroatoms. The van der Waals surface area contributed by atoms with Gasteiger partial charge in [-0.15, -0.1) is 0 Å². The average molecular weight is 380 g/mol. The van der Waals surface area contributed by atoms with Gasteiger partial charge in [-0.25, -0.2) is 0 Å². The molecule has 0 radical (unpaired) electrons. The predicted molar refractivity (Wildman–Crippen MR) is 94.2 cm³/mol. The molecule has 1 amide bonds. The Bertz CT molecular complexity index is 801. The summed E-state index contributed by atoms with van der Waals surface area (Å²) in [7, 11) is 1.48. The van der Waals surface area contributed by atoms with Crippen molar-refractivity contribution < 1.29 is 27.4 Å². The molecule has 5 nitrogen and oxygen atoms in total. The van der Waals surface area contributed by atoms with Crippen LogP contribution in [0.2, 0.25) is 0 Å². The van der Waals surface area contributed by atoms with Crippen molar-refractivity contribution in [2.24, 2.45) is 0 Å². The molecule has 0 spiro atoms. The SMILES string of the molecule is COc1ccc(Oc2ccc(C(F)(F)F)cc2)cc1NC(=O)C1CCCN1. The van der Waals surface area contributed by atoms with Gasteiger partial charge >= 0.3 is 6.18 Å². The Morgan fingerprint density at radius 1 is 1.15 bits per heavy atom. The first-order valence-corrected chi connectivity index (χ1v) is 8.44. The Kier molecular flexibility index (Phi) is 5.55. The van der Waals surface area contributed by atoms with Gasteiger partial charge in [0.25, 0.3) is 0 Å². The molecule has 2 aromatic rings. The van der Waals surface area contributed by atoms with Crippen LogP contribution < -0.4 is 20.1 Å². The third-order valence-electron chi connectivity index (χ3n) is 4.22. The first kappa shape index (κ1) is 19.0. The number of hydrogen-bond acceptors (Lipinski definition) is 4. The molecule has 0 aliphatic carbocycles. The summed E-state index contributed by atoms with van der Waals surface area (Å²) in [6, 6.07) is 8.94. The van der Waals surface area contributed by atoms with Crippen LogP contribution in [0.25, 0.3) is 0 Å². The molecule has 1 heterocycles. The Morgan fingerprint density at radius 2 is 1.85 bits per heavy atom. The van der Waals surface area contributed by atoms with E-state index in [-0.39, 0.29) is 17.7 Å². The lowest BCUT2D eigenvalue weighted by Gasteiger charge is -2.15. The lowest BCUT2D eigenvalue weighted by molar-refractivity contribution is -0.137. The van der Waals surface area contributed by atoms with Crippen molar-refractivity contribution in [1.82, 2.24) is 5.32 Å². The van der Waals surface area contributed by atoms with Crippen LogP contribution in [0.5, 0.6) is 17.2 Å². The third kappa shape index (κ3) is 4.71. The fourth-order valence-electron chi connectivity index (χ4n) is 2.82. The Balaban J connectivity index is 1.75. The fourth-order valence-corrected chi connectivity index (χ4v) is 2.82. The number of carbonyl (C=O) groups excluding carboxylic acids is 1. The molecule has 1 atom stereocenters. The van der Waals surface area contributed by atoms with E-state index >= 15 is 0 Å². The lowest BCUT2D eigenvalue weighted by Crippen LogP contribution is -2.35. The monoisotopic (exact) mass is 380 g/mol. The van der Waals surface area contributed by atoms with Crippen molar-refractivity contribution in [2.75, 3.05) is 19.0 Å². The molecule has 0 saturated carbocycles. The maximum absolute atomic E-state index is 12.6. The summed E-state index contributed by atoms with van der Waals surface area (Å²) >= 11 is 0. The lowest BCUT2D eigenvalue weighted by atomic mass is 10.2. The Morgan fingerprint density at radius 3 is 2.44 bits per heavy atom. The highest BCUT2D eigenvalue weighted by atomic mass is 19.4. The van der Waals surface area contributed by atoms with Crippen LogP contribution in [0, 0.1) is 0 Å². The van der Waals surface area contributed by atoms with Crippen molar-refractivity contribution in [1.29, 1.82) is 0 Å². The maximum atomic E-state index is 12.6. The summed E-state index contributed by atoms with van der Waals surface area (Å²) in [5, 5.41) is 5.91. The predicted octanol–water partition coefficient (Wildman–Crippen LogP) is 4.20. The van der Waals surface area contributed by atoms with Gasteiger partial charge in [-0.05, 0) is 55.8 Å². The molecule has 1 aliphatic rings. The van der Waals surface area contributed by atoms with Gasteiger partial charge in [-0.3, -0.25) is 4.79 Å². The van der Waals surface area contributed by atoms with Gasteiger partial charge in [0.2, 0.25) is 5.91 Å². The minimum atomic E-state index is -4.40. The number of benzene rings is 2. The van der Waals surface area contributed by atoms with E-state index in [1.165, 1.54) is 19.2 Å². The second-order valence-corrected chi connectivity index (χ2v) is 6.12. The number of ether oxygens (including phenoxy) is 2. The van der Waals surface area contributed by atoms with Crippen LogP contribution in [0.3, 0.4) is 0 Å². The molecule has 2 aromatic carbocycles. The average Bonchev–Trinajstić information content (AvgIpc) is 3.16. The molecule has 3 rings (SSSR count). The van der Waals surface area contributed by atoms with Crippen LogP contribution in [0.1, 0.15) is 18.4 Å². The van der Waals surface area contributed by atoms with Gasteiger partial charge in [0.1, 0.15) is 17.2 Å². The van der Waals surface area contributed by atoms with Crippen molar-refractivity contribution in [3.8, 4) is 17.2 Å². The zero-order valence-electron chi connectivity index (χ0n) is 14.6. The molecule has 1 saturated heterocycles. The highest BCUT2D eigenvalue weighted by Crippen LogP contribution is 2.34. The Hall–Kier alpha value is -2.74. The van der Waals surface area contributed by atoms with Crippen molar-refractivity contribution in [2.45, 2.75) is 25.1 Å². The van der Waals surface area contributed by atoms with Crippen LogP contribution in [0.4, 0.5) is 18.9 Å². The quantitative estimate of drug-likeness (QED) is 0.816. The highest BCUT2D eigenvalue weighted by molar-refractivity contribution is 5.96. The minimum Gasteiger partial charge on any atom is -0.495 e. The number of amides is 1. The normalized spacial score (nSPS) is 16.8. The van der Waals surface area contributed by atoms with E-state index in [9.17, 15) is 18.0 Å². The molecule has 1 unspecified atom stereocenters. The Labute approximate surface area is 154 Å². The van der Waals surface area contributed by atoms with E-state index in [0.29, 0.717) is 17.2 Å². The van der Waals surface area contributed by atoms with E-state index in [2.05, 4.69) is 10.6 Å². The van der Waals surface area contributed by atoms with E-state index in [1.807, 2.05) is 0 Å². The van der Waals surface area contributed by atoms with E-state index in [0.717, 1.165) is 31.5 Å². The van der Waals surface area contributed by atoms with Gasteiger partial charge in [-0.2, -0.15) is 13.2 Å². The van der Waals surface area contributed by atoms with Gasteiger partial charge in [0.15, 0.2) is 0 Å². The number of carbonyl (C=O) groups is 1. The van der Waals surface area contributed by atoms with Crippen LogP contribution >= 0.6 is 0 Å². The number of rotatable bonds is 5. The number of hydrogen-bond donors (Lipinski definition) is 2. The molecule has 27 heavy (non-hydrogen) atoms. The molecular weight excluding hydrogens is 361 g/mol. The molecule has 144 valence electrons. The molecule has 1 fully saturated rings. The van der Waals surface area contributed by atoms with Gasteiger partial charge in [0, 0.05) is 6.07 Å². The molecule has 0 aromatic heterocycles. The minimum absolute atomic E-state index is 0.169. The summed E-state index contributed by atoms with van der Waals surface area (Å²) in [6.07, 6.45) is -2.70. The third-order valence-corrected chi connectivity index (χ3v) is 4.22. The molecule has 0 bridgehead atoms. The first-order valence-electron chi connectivity index (χ1n) is 8.44. The van der Waals surface area contributed by atoms with E-state index in [4.69, 9.17) is 9.47 Å².